The van der Waals surface area contributed by atoms with E-state index in [1.807, 2.05) is 0 Å². The van der Waals surface area contributed by atoms with Crippen LogP contribution in [-0.4, -0.2) is 37.2 Å². The normalized spacial score (nSPS) is 12.2. The Balaban J connectivity index is 4.87. The maximum atomic E-state index is 11.7. The molecule has 0 spiro atoms. The second-order valence-corrected chi connectivity index (χ2v) is 19.8. The predicted octanol–water partition coefficient (Wildman–Crippen LogP) is 5.93. The van der Waals surface area contributed by atoms with Gasteiger partial charge in [0.15, 0.2) is 0 Å². The second kappa shape index (κ2) is 15.5. The van der Waals surface area contributed by atoms with Crippen LogP contribution in [-0.2, 0) is 14.3 Å². The van der Waals surface area contributed by atoms with Gasteiger partial charge in [-0.1, -0.05) is 0 Å². The second-order valence-electron chi connectivity index (χ2n) is 7.47. The van der Waals surface area contributed by atoms with Crippen molar-refractivity contribution >= 4 is 30.1 Å². The molecule has 1 unspecified atom stereocenters. The average molecular weight is 471 g/mol. The van der Waals surface area contributed by atoms with Crippen molar-refractivity contribution in [3.05, 3.63) is 0 Å². The van der Waals surface area contributed by atoms with Crippen molar-refractivity contribution in [2.45, 2.75) is 98.8 Å². The molecule has 4 heteroatoms. The van der Waals surface area contributed by atoms with Gasteiger partial charge in [0.25, 0.3) is 0 Å². The summed E-state index contributed by atoms with van der Waals surface area (Å²) in [6, 6.07) is 0. The Hall–Kier alpha value is -0.501. The third-order valence-electron chi connectivity index (χ3n) is 5.15. The molecule has 0 aliphatic rings. The Bertz CT molecular complexity index is 440. The van der Waals surface area contributed by atoms with Crippen molar-refractivity contribution in [1.82, 2.24) is 0 Å². The monoisotopic (exact) mass is 472 g/mol. The minimum atomic E-state index is -2.36. The molecular formula is C22H40O3Sn. The van der Waals surface area contributed by atoms with Crippen molar-refractivity contribution in [3.63, 3.8) is 0 Å². The number of carbonyl (C=O) groups excluding carboxylic acids is 2. The van der Waals surface area contributed by atoms with Crippen LogP contribution in [0.15, 0.2) is 0 Å². The van der Waals surface area contributed by atoms with Gasteiger partial charge in [-0.2, -0.15) is 0 Å². The van der Waals surface area contributed by atoms with Crippen LogP contribution in [0, 0.1) is 15.8 Å². The van der Waals surface area contributed by atoms with Gasteiger partial charge >= 0.3 is 166 Å². The zero-order valence-corrected chi connectivity index (χ0v) is 20.6. The molecule has 0 bridgehead atoms. The molecule has 0 N–H and O–H groups in total. The average Bonchev–Trinajstić information content (AvgIpc) is 2.64. The summed E-state index contributed by atoms with van der Waals surface area (Å²) in [7, 11) is 1.34. The van der Waals surface area contributed by atoms with Crippen LogP contribution in [0.25, 0.3) is 0 Å². The molecule has 1 atom stereocenters. The molecule has 0 rings (SSSR count). The molecule has 0 fully saturated rings. The Kier molecular flexibility index (Phi) is 15.2. The van der Waals surface area contributed by atoms with Crippen LogP contribution < -0.4 is 0 Å². The number of methoxy groups -OCH3 is 1. The van der Waals surface area contributed by atoms with Gasteiger partial charge in [0.2, 0.25) is 0 Å². The molecular weight excluding hydrogens is 431 g/mol. The molecule has 3 nitrogen and oxygen atoms in total. The van der Waals surface area contributed by atoms with Crippen LogP contribution in [0.1, 0.15) is 85.5 Å². The van der Waals surface area contributed by atoms with Gasteiger partial charge in [-0.15, -0.1) is 0 Å². The summed E-state index contributed by atoms with van der Waals surface area (Å²) >= 11 is -2.36. The molecule has 0 aliphatic heterocycles. The summed E-state index contributed by atoms with van der Waals surface area (Å²) in [5, 5.41) is 0. The van der Waals surface area contributed by atoms with Gasteiger partial charge in [0, 0.05) is 0 Å². The van der Waals surface area contributed by atoms with Crippen molar-refractivity contribution in [2.24, 2.45) is 5.92 Å². The Morgan fingerprint density at radius 1 is 0.923 bits per heavy atom. The maximum absolute atomic E-state index is 11.7. The zero-order chi connectivity index (χ0) is 19.8. The Morgan fingerprint density at radius 3 is 1.81 bits per heavy atom. The topological polar surface area (TPSA) is 43.4 Å². The van der Waals surface area contributed by atoms with Crippen LogP contribution in [0.2, 0.25) is 13.3 Å². The van der Waals surface area contributed by atoms with Gasteiger partial charge in [-0.3, -0.25) is 0 Å². The third kappa shape index (κ3) is 10.6. The summed E-state index contributed by atoms with van der Waals surface area (Å²) in [5.74, 6) is 2.35. The standard InChI is InChI=1S/C10H13O3.3C4H9.Sn/c1-4-5-6-7-9(8(2)11)10(12)13-3;3*1-3-4-2;/h9H,5-7H2,2-3H3;3*1,3-4H2,2H3;. The number of ether oxygens (including phenoxy) is 1. The van der Waals surface area contributed by atoms with Gasteiger partial charge in [0.05, 0.1) is 0 Å². The molecule has 0 aliphatic carbocycles. The van der Waals surface area contributed by atoms with E-state index in [9.17, 15) is 9.59 Å². The van der Waals surface area contributed by atoms with E-state index >= 15 is 0 Å². The third-order valence-corrected chi connectivity index (χ3v) is 18.4. The first kappa shape index (κ1) is 25.5. The van der Waals surface area contributed by atoms with Crippen molar-refractivity contribution in [2.75, 3.05) is 7.11 Å². The molecule has 0 radical (unpaired) electrons. The van der Waals surface area contributed by atoms with Crippen LogP contribution >= 0.6 is 0 Å². The molecule has 0 aromatic heterocycles. The van der Waals surface area contributed by atoms with Crippen LogP contribution in [0.4, 0.5) is 0 Å². The number of esters is 1. The van der Waals surface area contributed by atoms with Crippen molar-refractivity contribution < 1.29 is 14.3 Å². The number of hydrogen-bond acceptors (Lipinski definition) is 3. The molecule has 26 heavy (non-hydrogen) atoms. The van der Waals surface area contributed by atoms with E-state index in [1.165, 1.54) is 65.9 Å². The van der Waals surface area contributed by atoms with Crippen molar-refractivity contribution in [3.8, 4) is 9.86 Å². The number of hydrogen-bond donors (Lipinski definition) is 0. The summed E-state index contributed by atoms with van der Waals surface area (Å²) in [5.41, 5.74) is 0. The number of Topliss-reactive ketones (excluding diaryl/α,β-unsaturated/α-hetero) is 1. The van der Waals surface area contributed by atoms with Crippen molar-refractivity contribution in [1.29, 1.82) is 0 Å². The summed E-state index contributed by atoms with van der Waals surface area (Å²) in [6.07, 6.45) is 9.91. The Labute approximate surface area is 165 Å². The fourth-order valence-electron chi connectivity index (χ4n) is 3.38. The Morgan fingerprint density at radius 2 is 1.42 bits per heavy atom. The molecule has 0 saturated heterocycles. The number of ketones is 1. The fraction of sp³-hybridized carbons (Fsp3) is 0.818. The first-order chi connectivity index (χ1) is 12.5. The molecule has 0 amide bonds. The van der Waals surface area contributed by atoms with Crippen LogP contribution in [0.5, 0.6) is 0 Å². The van der Waals surface area contributed by atoms with Gasteiger partial charge in [0.1, 0.15) is 0 Å². The first-order valence-electron chi connectivity index (χ1n) is 10.5. The molecule has 0 heterocycles. The molecule has 0 aromatic rings. The van der Waals surface area contributed by atoms with E-state index in [2.05, 4.69) is 30.6 Å². The summed E-state index contributed by atoms with van der Waals surface area (Å²) in [4.78, 5) is 23.3. The zero-order valence-electron chi connectivity index (χ0n) is 17.8. The van der Waals surface area contributed by atoms with E-state index in [0.717, 1.165) is 12.8 Å². The molecule has 150 valence electrons. The molecule has 0 saturated carbocycles. The summed E-state index contributed by atoms with van der Waals surface area (Å²) < 4.78 is 12.8. The van der Waals surface area contributed by atoms with E-state index in [0.29, 0.717) is 6.42 Å². The SMILES string of the molecule is CCC[CH2][Sn]([C]#CCCCC(C(C)=O)C(=O)OC)([CH2]CCC)[CH2]CCC. The number of unbranched alkanes of at least 4 members (excludes halogenated alkanes) is 4. The van der Waals surface area contributed by atoms with E-state index < -0.39 is 30.3 Å². The van der Waals surface area contributed by atoms with Crippen LogP contribution in [0.3, 0.4) is 0 Å². The quantitative estimate of drug-likeness (QED) is 0.104. The molecule has 0 aromatic carbocycles. The first-order valence-corrected chi connectivity index (χ1v) is 18.0. The van der Waals surface area contributed by atoms with Gasteiger partial charge < -0.3 is 0 Å². The predicted molar refractivity (Wildman–Crippen MR) is 113 cm³/mol. The van der Waals surface area contributed by atoms with E-state index in [4.69, 9.17) is 4.74 Å². The van der Waals surface area contributed by atoms with E-state index in [-0.39, 0.29) is 5.78 Å². The number of rotatable bonds is 14. The fourth-order valence-corrected chi connectivity index (χ4v) is 16.8. The summed E-state index contributed by atoms with van der Waals surface area (Å²) in [6.45, 7) is 8.30. The van der Waals surface area contributed by atoms with E-state index in [1.54, 1.807) is 0 Å². The number of carbonyl (C=O) groups is 2. The minimum absolute atomic E-state index is 0.104. The van der Waals surface area contributed by atoms with Gasteiger partial charge in [-0.05, 0) is 0 Å². The van der Waals surface area contributed by atoms with Gasteiger partial charge in [-0.25, -0.2) is 0 Å².